The first-order valence-electron chi connectivity index (χ1n) is 6.73. The third kappa shape index (κ3) is 7.34. The summed E-state index contributed by atoms with van der Waals surface area (Å²) in [6, 6.07) is 0. The van der Waals surface area contributed by atoms with E-state index < -0.39 is 48.5 Å². The van der Waals surface area contributed by atoms with E-state index in [1.807, 2.05) is 0 Å². The molecule has 0 aromatic rings. The molecule has 0 aromatic heterocycles. The van der Waals surface area contributed by atoms with Crippen molar-refractivity contribution in [1.29, 1.82) is 0 Å². The number of hydrogen-bond acceptors (Lipinski definition) is 6. The third-order valence-electron chi connectivity index (χ3n) is 2.97. The van der Waals surface area contributed by atoms with Gasteiger partial charge < -0.3 is 30.3 Å². The highest BCUT2D eigenvalue weighted by Crippen LogP contribution is 2.13. The summed E-state index contributed by atoms with van der Waals surface area (Å²) in [6.07, 6.45) is -4.86. The number of amides is 1. The molecule has 0 aliphatic rings. The number of aliphatic hydroxyl groups is 2. The summed E-state index contributed by atoms with van der Waals surface area (Å²) in [4.78, 5) is 33.5. The van der Waals surface area contributed by atoms with Crippen molar-refractivity contribution in [3.8, 4) is 0 Å². The van der Waals surface area contributed by atoms with Crippen molar-refractivity contribution >= 4 is 17.8 Å². The van der Waals surface area contributed by atoms with Crippen LogP contribution in [0.2, 0.25) is 0 Å². The third-order valence-corrected chi connectivity index (χ3v) is 2.97. The van der Waals surface area contributed by atoms with Crippen LogP contribution in [0, 0.1) is 5.92 Å². The van der Waals surface area contributed by atoms with Gasteiger partial charge in [0.1, 0.15) is 12.6 Å². The average Bonchev–Trinajstić information content (AvgIpc) is 2.32. The van der Waals surface area contributed by atoms with E-state index in [0.29, 0.717) is 4.48 Å². The summed E-state index contributed by atoms with van der Waals surface area (Å²) in [5.74, 6) is -4.49. The Labute approximate surface area is 128 Å². The Morgan fingerprint density at radius 3 is 2.00 bits per heavy atom. The quantitative estimate of drug-likeness (QED) is 0.281. The first-order valence-corrected chi connectivity index (χ1v) is 6.73. The molecule has 22 heavy (non-hydrogen) atoms. The number of esters is 1. The molecule has 0 spiro atoms. The lowest BCUT2D eigenvalue weighted by Crippen LogP contribution is -2.47. The molecule has 9 heteroatoms. The summed E-state index contributed by atoms with van der Waals surface area (Å²) in [7, 11) is 5.37. The number of aliphatic carboxylic acids is 1. The smallest absolute Gasteiger partial charge is 0.335 e. The van der Waals surface area contributed by atoms with Gasteiger partial charge in [0.25, 0.3) is 0 Å². The maximum atomic E-state index is 11.9. The van der Waals surface area contributed by atoms with Crippen molar-refractivity contribution in [3.05, 3.63) is 0 Å². The zero-order valence-electron chi connectivity index (χ0n) is 13.2. The minimum absolute atomic E-state index is 0.220. The van der Waals surface area contributed by atoms with Crippen LogP contribution in [0.4, 0.5) is 0 Å². The van der Waals surface area contributed by atoms with Crippen LogP contribution in [0.15, 0.2) is 0 Å². The van der Waals surface area contributed by atoms with Crippen LogP contribution < -0.4 is 5.73 Å². The number of carbonyl (C=O) groups is 3. The fourth-order valence-corrected chi connectivity index (χ4v) is 1.83. The van der Waals surface area contributed by atoms with Gasteiger partial charge in [0.15, 0.2) is 12.2 Å². The van der Waals surface area contributed by atoms with Gasteiger partial charge in [-0.1, -0.05) is 6.92 Å². The fraction of sp³-hybridized carbons (Fsp3) is 0.769. The number of quaternary nitrogens is 1. The van der Waals surface area contributed by atoms with E-state index in [1.165, 1.54) is 6.92 Å². The van der Waals surface area contributed by atoms with E-state index in [-0.39, 0.29) is 6.54 Å². The number of rotatable bonds is 9. The van der Waals surface area contributed by atoms with Crippen molar-refractivity contribution in [2.45, 2.75) is 31.7 Å². The minimum Gasteiger partial charge on any atom is -0.481 e. The molecule has 0 heterocycles. The molecule has 9 nitrogen and oxygen atoms in total. The van der Waals surface area contributed by atoms with Gasteiger partial charge in [0.2, 0.25) is 5.91 Å². The predicted molar refractivity (Wildman–Crippen MR) is 75.4 cm³/mol. The zero-order chi connectivity index (χ0) is 17.7. The summed E-state index contributed by atoms with van der Waals surface area (Å²) in [5.41, 5.74) is 4.89. The van der Waals surface area contributed by atoms with Gasteiger partial charge in [-0.15, -0.1) is 0 Å². The predicted octanol–water partition coefficient (Wildman–Crippen LogP) is -2.08. The Bertz CT molecular complexity index is 419. The molecule has 0 aliphatic heterocycles. The van der Waals surface area contributed by atoms with Crippen LogP contribution in [0.1, 0.15) is 13.3 Å². The lowest BCUT2D eigenvalue weighted by Gasteiger charge is -2.29. The van der Waals surface area contributed by atoms with Crippen LogP contribution in [-0.4, -0.2) is 83.6 Å². The van der Waals surface area contributed by atoms with Crippen LogP contribution in [0.3, 0.4) is 0 Å². The second kappa shape index (κ2) is 8.06. The van der Waals surface area contributed by atoms with Gasteiger partial charge >= 0.3 is 11.9 Å². The maximum absolute atomic E-state index is 11.9. The van der Waals surface area contributed by atoms with Gasteiger partial charge in [-0.25, -0.2) is 4.79 Å². The molecule has 0 radical (unpaired) electrons. The van der Waals surface area contributed by atoms with Crippen molar-refractivity contribution in [2.75, 3.05) is 27.7 Å². The van der Waals surface area contributed by atoms with Gasteiger partial charge in [0.05, 0.1) is 27.6 Å². The molecule has 1 amide bonds. The molecule has 0 fully saturated rings. The molecular weight excluding hydrogens is 296 g/mol. The SMILES string of the molecule is CC(C(O)C(N)=O)C(O)C(=O)OC(CC(=O)O)C[N+](C)(C)C. The van der Waals surface area contributed by atoms with Crippen LogP contribution >= 0.6 is 0 Å². The molecule has 0 saturated carbocycles. The van der Waals surface area contributed by atoms with Crippen LogP contribution in [0.25, 0.3) is 0 Å². The molecule has 0 rings (SSSR count). The van der Waals surface area contributed by atoms with Gasteiger partial charge in [0, 0.05) is 5.92 Å². The average molecular weight is 321 g/mol. The van der Waals surface area contributed by atoms with E-state index >= 15 is 0 Å². The number of carbonyl (C=O) groups excluding carboxylic acids is 2. The first kappa shape index (κ1) is 20.3. The van der Waals surface area contributed by atoms with E-state index in [2.05, 4.69) is 0 Å². The van der Waals surface area contributed by atoms with Crippen LogP contribution in [0.5, 0.6) is 0 Å². The maximum Gasteiger partial charge on any atom is 0.335 e. The second-order valence-corrected chi connectivity index (χ2v) is 6.28. The Hall–Kier alpha value is -1.71. The molecule has 0 aromatic carbocycles. The Balaban J connectivity index is 4.86. The lowest BCUT2D eigenvalue weighted by molar-refractivity contribution is -0.873. The molecule has 4 atom stereocenters. The Morgan fingerprint density at radius 2 is 1.64 bits per heavy atom. The number of aliphatic hydroxyl groups excluding tert-OH is 2. The highest BCUT2D eigenvalue weighted by Gasteiger charge is 2.35. The summed E-state index contributed by atoms with van der Waals surface area (Å²) < 4.78 is 5.35. The van der Waals surface area contributed by atoms with Crippen molar-refractivity contribution in [1.82, 2.24) is 0 Å². The standard InChI is InChI=1S/C13H24N2O7/c1-7(10(18)12(14)20)11(19)13(21)22-8(5-9(16)17)6-15(2,3)4/h7-8,10-11,18-19H,5-6H2,1-4H3,(H2-,14,16,17,20)/p+1. The molecule has 0 saturated heterocycles. The van der Waals surface area contributed by atoms with Crippen molar-refractivity contribution in [3.63, 3.8) is 0 Å². The number of nitrogens with two attached hydrogens (primary N) is 1. The number of nitrogens with zero attached hydrogens (tertiary/aromatic N) is 1. The van der Waals surface area contributed by atoms with E-state index in [0.717, 1.165) is 0 Å². The number of hydrogen-bond donors (Lipinski definition) is 4. The minimum atomic E-state index is -1.79. The molecule has 0 aliphatic carbocycles. The largest absolute Gasteiger partial charge is 0.481 e. The molecule has 128 valence electrons. The fourth-order valence-electron chi connectivity index (χ4n) is 1.83. The molecular formula is C13H25N2O7+. The number of likely N-dealkylation sites (N-methyl/N-ethyl adjacent to an activating group) is 1. The van der Waals surface area contributed by atoms with Gasteiger partial charge in [-0.3, -0.25) is 9.59 Å². The highest BCUT2D eigenvalue weighted by molar-refractivity contribution is 5.81. The van der Waals surface area contributed by atoms with Crippen molar-refractivity contribution in [2.24, 2.45) is 11.7 Å². The monoisotopic (exact) mass is 321 g/mol. The molecule has 0 bridgehead atoms. The first-order chi connectivity index (χ1) is 9.85. The Kier molecular flexibility index (Phi) is 7.44. The van der Waals surface area contributed by atoms with E-state index in [9.17, 15) is 24.6 Å². The lowest BCUT2D eigenvalue weighted by atomic mass is 9.97. The second-order valence-electron chi connectivity index (χ2n) is 6.28. The van der Waals surface area contributed by atoms with Gasteiger partial charge in [-0.2, -0.15) is 0 Å². The highest BCUT2D eigenvalue weighted by atomic mass is 16.6. The topological polar surface area (TPSA) is 147 Å². The molecule has 5 N–H and O–H groups in total. The number of carboxylic acids is 1. The number of primary amides is 1. The zero-order valence-corrected chi connectivity index (χ0v) is 13.2. The number of ether oxygens (including phenoxy) is 1. The van der Waals surface area contributed by atoms with E-state index in [1.54, 1.807) is 21.1 Å². The van der Waals surface area contributed by atoms with Gasteiger partial charge in [-0.05, 0) is 0 Å². The number of carboxylic acid groups (broad SMARTS) is 1. The summed E-state index contributed by atoms with van der Waals surface area (Å²) in [6.45, 7) is 1.48. The van der Waals surface area contributed by atoms with E-state index in [4.69, 9.17) is 15.6 Å². The summed E-state index contributed by atoms with van der Waals surface area (Å²) >= 11 is 0. The summed E-state index contributed by atoms with van der Waals surface area (Å²) in [5, 5.41) is 28.1. The Morgan fingerprint density at radius 1 is 1.14 bits per heavy atom. The normalized spacial score (nSPS) is 17.2. The van der Waals surface area contributed by atoms with Crippen molar-refractivity contribution < 1.29 is 38.9 Å². The van der Waals surface area contributed by atoms with Crippen LogP contribution in [-0.2, 0) is 19.1 Å². The molecule has 4 unspecified atom stereocenters.